The molecule has 1 aliphatic carbocycles. The van der Waals surface area contributed by atoms with E-state index in [0.29, 0.717) is 11.6 Å². The van der Waals surface area contributed by atoms with Gasteiger partial charge in [0.25, 0.3) is 5.69 Å². The summed E-state index contributed by atoms with van der Waals surface area (Å²) in [7, 11) is 0. The Morgan fingerprint density at radius 2 is 2.28 bits per heavy atom. The van der Waals surface area contributed by atoms with Crippen molar-refractivity contribution >= 4 is 11.4 Å². The molecule has 1 fully saturated rings. The molecule has 1 N–H and O–H groups in total. The predicted octanol–water partition coefficient (Wildman–Crippen LogP) is 3.72. The van der Waals surface area contributed by atoms with Crippen LogP contribution >= 0.6 is 0 Å². The number of nitrogens with zero attached hydrogens (tertiary/aromatic N) is 1. The Kier molecular flexibility index (Phi) is 3.79. The lowest BCUT2D eigenvalue weighted by Crippen LogP contribution is -2.16. The lowest BCUT2D eigenvalue weighted by Gasteiger charge is -2.14. The molecule has 0 aromatic heterocycles. The monoisotopic (exact) mass is 252 g/mol. The van der Waals surface area contributed by atoms with Crippen molar-refractivity contribution < 1.29 is 9.31 Å². The summed E-state index contributed by atoms with van der Waals surface area (Å²) in [5, 5.41) is 14.0. The minimum absolute atomic E-state index is 0.185. The van der Waals surface area contributed by atoms with Crippen molar-refractivity contribution in [3.8, 4) is 0 Å². The third kappa shape index (κ3) is 2.78. The molecule has 1 saturated carbocycles. The van der Waals surface area contributed by atoms with Crippen LogP contribution in [0.1, 0.15) is 32.6 Å². The van der Waals surface area contributed by atoms with Crippen LogP contribution in [-0.4, -0.2) is 11.0 Å². The smallest absolute Gasteiger partial charge is 0.295 e. The van der Waals surface area contributed by atoms with E-state index in [9.17, 15) is 14.5 Å². The SMILES string of the molecule is CCC1CCC(Nc2ccc(F)cc2[N+](=O)[O-])C1. The van der Waals surface area contributed by atoms with Gasteiger partial charge in [-0.25, -0.2) is 4.39 Å². The zero-order chi connectivity index (χ0) is 13.1. The number of benzene rings is 1. The maximum Gasteiger partial charge on any atom is 0.295 e. The topological polar surface area (TPSA) is 55.2 Å². The number of rotatable bonds is 4. The van der Waals surface area contributed by atoms with Gasteiger partial charge in [0.15, 0.2) is 0 Å². The first kappa shape index (κ1) is 12.8. The Balaban J connectivity index is 2.12. The van der Waals surface area contributed by atoms with Crippen molar-refractivity contribution in [3.63, 3.8) is 0 Å². The molecule has 98 valence electrons. The van der Waals surface area contributed by atoms with Gasteiger partial charge < -0.3 is 5.32 Å². The summed E-state index contributed by atoms with van der Waals surface area (Å²) in [6, 6.07) is 3.93. The molecular formula is C13H17FN2O2. The number of nitro benzene ring substituents is 1. The molecule has 1 aliphatic rings. The molecule has 4 nitrogen and oxygen atoms in total. The van der Waals surface area contributed by atoms with Crippen molar-refractivity contribution in [2.75, 3.05) is 5.32 Å². The molecule has 2 atom stereocenters. The van der Waals surface area contributed by atoms with Crippen molar-refractivity contribution in [3.05, 3.63) is 34.1 Å². The van der Waals surface area contributed by atoms with E-state index in [2.05, 4.69) is 12.2 Å². The summed E-state index contributed by atoms with van der Waals surface area (Å²) >= 11 is 0. The zero-order valence-corrected chi connectivity index (χ0v) is 10.4. The fourth-order valence-corrected chi connectivity index (χ4v) is 2.57. The highest BCUT2D eigenvalue weighted by molar-refractivity contribution is 5.61. The first-order chi connectivity index (χ1) is 8.60. The van der Waals surface area contributed by atoms with Gasteiger partial charge in [-0.15, -0.1) is 0 Å². The van der Waals surface area contributed by atoms with Crippen LogP contribution in [0.4, 0.5) is 15.8 Å². The standard InChI is InChI=1S/C13H17FN2O2/c1-2-9-3-5-11(7-9)15-12-6-4-10(14)8-13(12)16(17)18/h4,6,8-9,11,15H,2-3,5,7H2,1H3. The van der Waals surface area contributed by atoms with Crippen LogP contribution in [0.5, 0.6) is 0 Å². The minimum Gasteiger partial charge on any atom is -0.377 e. The van der Waals surface area contributed by atoms with Crippen molar-refractivity contribution in [2.24, 2.45) is 5.92 Å². The number of nitro groups is 1. The maximum absolute atomic E-state index is 13.0. The second-order valence-corrected chi connectivity index (χ2v) is 4.85. The summed E-state index contributed by atoms with van der Waals surface area (Å²) in [5.41, 5.74) is 0.234. The third-order valence-electron chi connectivity index (χ3n) is 3.63. The highest BCUT2D eigenvalue weighted by Crippen LogP contribution is 2.33. The largest absolute Gasteiger partial charge is 0.377 e. The van der Waals surface area contributed by atoms with Crippen LogP contribution in [-0.2, 0) is 0 Å². The fraction of sp³-hybridized carbons (Fsp3) is 0.538. The average molecular weight is 252 g/mol. The van der Waals surface area contributed by atoms with Crippen LogP contribution in [0.3, 0.4) is 0 Å². The quantitative estimate of drug-likeness (QED) is 0.656. The van der Waals surface area contributed by atoms with Crippen molar-refractivity contribution in [2.45, 2.75) is 38.6 Å². The highest BCUT2D eigenvalue weighted by atomic mass is 19.1. The van der Waals surface area contributed by atoms with E-state index in [1.165, 1.54) is 12.1 Å². The second-order valence-electron chi connectivity index (χ2n) is 4.85. The van der Waals surface area contributed by atoms with Crippen LogP contribution in [0.15, 0.2) is 18.2 Å². The molecule has 18 heavy (non-hydrogen) atoms. The van der Waals surface area contributed by atoms with Crippen molar-refractivity contribution in [1.29, 1.82) is 0 Å². The molecule has 1 aromatic rings. The van der Waals surface area contributed by atoms with Crippen LogP contribution in [0.25, 0.3) is 0 Å². The molecule has 0 bridgehead atoms. The molecule has 0 radical (unpaired) electrons. The second kappa shape index (κ2) is 5.33. The van der Waals surface area contributed by atoms with Crippen LogP contribution in [0.2, 0.25) is 0 Å². The van der Waals surface area contributed by atoms with E-state index in [4.69, 9.17) is 0 Å². The Labute approximate surface area is 105 Å². The summed E-state index contributed by atoms with van der Waals surface area (Å²) in [6.07, 6.45) is 4.35. The molecule has 0 saturated heterocycles. The summed E-state index contributed by atoms with van der Waals surface area (Å²) in [6.45, 7) is 2.16. The van der Waals surface area contributed by atoms with Gasteiger partial charge in [-0.1, -0.05) is 13.3 Å². The first-order valence-electron chi connectivity index (χ1n) is 6.30. The van der Waals surface area contributed by atoms with Gasteiger partial charge in [-0.05, 0) is 37.3 Å². The molecule has 2 unspecified atom stereocenters. The molecule has 0 spiro atoms. The van der Waals surface area contributed by atoms with E-state index in [0.717, 1.165) is 31.7 Å². The van der Waals surface area contributed by atoms with Gasteiger partial charge in [-0.2, -0.15) is 0 Å². The number of halogens is 1. The van der Waals surface area contributed by atoms with Gasteiger partial charge in [0.1, 0.15) is 11.5 Å². The number of hydrogen-bond acceptors (Lipinski definition) is 3. The van der Waals surface area contributed by atoms with E-state index >= 15 is 0 Å². The lowest BCUT2D eigenvalue weighted by atomic mass is 10.1. The zero-order valence-electron chi connectivity index (χ0n) is 10.4. The van der Waals surface area contributed by atoms with Gasteiger partial charge >= 0.3 is 0 Å². The van der Waals surface area contributed by atoms with E-state index < -0.39 is 10.7 Å². The Hall–Kier alpha value is -1.65. The predicted molar refractivity (Wildman–Crippen MR) is 68.1 cm³/mol. The maximum atomic E-state index is 13.0. The van der Waals surface area contributed by atoms with Crippen molar-refractivity contribution in [1.82, 2.24) is 0 Å². The Morgan fingerprint density at radius 1 is 1.50 bits per heavy atom. The first-order valence-corrected chi connectivity index (χ1v) is 6.30. The molecule has 1 aromatic carbocycles. The summed E-state index contributed by atoms with van der Waals surface area (Å²) in [4.78, 5) is 10.3. The third-order valence-corrected chi connectivity index (χ3v) is 3.63. The number of nitrogens with one attached hydrogen (secondary N) is 1. The lowest BCUT2D eigenvalue weighted by molar-refractivity contribution is -0.384. The van der Waals surface area contributed by atoms with E-state index in [1.807, 2.05) is 0 Å². The molecule has 2 rings (SSSR count). The van der Waals surface area contributed by atoms with Crippen LogP contribution < -0.4 is 5.32 Å². The molecular weight excluding hydrogens is 235 g/mol. The number of anilines is 1. The summed E-state index contributed by atoms with van der Waals surface area (Å²) in [5.74, 6) is 0.118. The Morgan fingerprint density at radius 3 is 2.89 bits per heavy atom. The van der Waals surface area contributed by atoms with Crippen LogP contribution in [0, 0.1) is 21.8 Å². The minimum atomic E-state index is -0.579. The number of hydrogen-bond donors (Lipinski definition) is 1. The van der Waals surface area contributed by atoms with Gasteiger partial charge in [0.2, 0.25) is 0 Å². The van der Waals surface area contributed by atoms with E-state index in [1.54, 1.807) is 0 Å². The highest BCUT2D eigenvalue weighted by Gasteiger charge is 2.25. The fourth-order valence-electron chi connectivity index (χ4n) is 2.57. The Bertz CT molecular complexity index is 451. The summed E-state index contributed by atoms with van der Waals surface area (Å²) < 4.78 is 13.0. The molecule has 0 aliphatic heterocycles. The van der Waals surface area contributed by atoms with Gasteiger partial charge in [0, 0.05) is 6.04 Å². The molecule has 0 amide bonds. The van der Waals surface area contributed by atoms with E-state index in [-0.39, 0.29) is 11.7 Å². The molecule has 0 heterocycles. The van der Waals surface area contributed by atoms with Gasteiger partial charge in [-0.3, -0.25) is 10.1 Å². The average Bonchev–Trinajstić information content (AvgIpc) is 2.79. The molecule has 5 heteroatoms. The normalized spacial score (nSPS) is 23.0. The van der Waals surface area contributed by atoms with Gasteiger partial charge in [0.05, 0.1) is 11.0 Å².